The number of hydrogen-bond donors (Lipinski definition) is 1. The number of anilines is 1. The van der Waals surface area contributed by atoms with Gasteiger partial charge in [0, 0.05) is 19.8 Å². The lowest BCUT2D eigenvalue weighted by atomic mass is 9.98. The molecule has 1 fully saturated rings. The molecule has 0 saturated carbocycles. The highest BCUT2D eigenvalue weighted by Gasteiger charge is 2.29. The highest BCUT2D eigenvalue weighted by atomic mass is 16.2. The molecule has 0 radical (unpaired) electrons. The van der Waals surface area contributed by atoms with E-state index in [1.54, 1.807) is 13.2 Å². The molecule has 2 aromatic rings. The summed E-state index contributed by atoms with van der Waals surface area (Å²) in [5.41, 5.74) is 1.98. The number of nitrogens with zero attached hydrogens (tertiary/aromatic N) is 3. The Morgan fingerprint density at radius 2 is 2.09 bits per heavy atom. The van der Waals surface area contributed by atoms with Gasteiger partial charge in [-0.25, -0.2) is 9.97 Å². The minimum Gasteiger partial charge on any atom is -0.357 e. The fourth-order valence-corrected chi connectivity index (χ4v) is 3.09. The number of amides is 1. The Bertz CT molecular complexity index is 659. The van der Waals surface area contributed by atoms with E-state index < -0.39 is 0 Å². The molecule has 1 N–H and O–H groups in total. The van der Waals surface area contributed by atoms with Crippen LogP contribution < -0.4 is 5.32 Å². The minimum absolute atomic E-state index is 0.0510. The van der Waals surface area contributed by atoms with Crippen molar-refractivity contribution in [3.05, 3.63) is 53.9 Å². The fourth-order valence-electron chi connectivity index (χ4n) is 3.09. The van der Waals surface area contributed by atoms with E-state index in [1.165, 1.54) is 0 Å². The quantitative estimate of drug-likeness (QED) is 0.943. The Balaban J connectivity index is 1.79. The topological polar surface area (TPSA) is 58.1 Å². The van der Waals surface area contributed by atoms with Crippen LogP contribution in [0.5, 0.6) is 0 Å². The lowest BCUT2D eigenvalue weighted by Crippen LogP contribution is -2.39. The molecule has 5 heteroatoms. The molecule has 1 aromatic heterocycles. The zero-order valence-electron chi connectivity index (χ0n) is 13.4. The third-order valence-corrected chi connectivity index (χ3v) is 4.26. The van der Waals surface area contributed by atoms with Crippen LogP contribution in [0.2, 0.25) is 0 Å². The summed E-state index contributed by atoms with van der Waals surface area (Å²) < 4.78 is 0. The van der Waals surface area contributed by atoms with E-state index in [4.69, 9.17) is 0 Å². The third-order valence-electron chi connectivity index (χ3n) is 4.26. The predicted octanol–water partition coefficient (Wildman–Crippen LogP) is 2.81. The van der Waals surface area contributed by atoms with Gasteiger partial charge in [-0.15, -0.1) is 0 Å². The number of carbonyl (C=O) groups excluding carboxylic acids is 1. The van der Waals surface area contributed by atoms with Gasteiger partial charge in [0.1, 0.15) is 0 Å². The predicted molar refractivity (Wildman–Crippen MR) is 90.0 cm³/mol. The van der Waals surface area contributed by atoms with Gasteiger partial charge >= 0.3 is 0 Å². The molecule has 1 amide bonds. The third kappa shape index (κ3) is 3.67. The van der Waals surface area contributed by atoms with Crippen LogP contribution in [0.25, 0.3) is 0 Å². The van der Waals surface area contributed by atoms with Crippen molar-refractivity contribution in [1.29, 1.82) is 0 Å². The number of rotatable bonds is 4. The number of nitrogens with one attached hydrogen (secondary N) is 1. The first-order chi connectivity index (χ1) is 11.3. The van der Waals surface area contributed by atoms with Gasteiger partial charge < -0.3 is 10.2 Å². The van der Waals surface area contributed by atoms with Crippen LogP contribution in [0.4, 0.5) is 5.95 Å². The summed E-state index contributed by atoms with van der Waals surface area (Å²) in [4.78, 5) is 23.5. The molecule has 0 aliphatic carbocycles. The second-order valence-electron chi connectivity index (χ2n) is 5.82. The van der Waals surface area contributed by atoms with Gasteiger partial charge in [0.2, 0.25) is 11.9 Å². The molecule has 3 rings (SSSR count). The van der Waals surface area contributed by atoms with Gasteiger partial charge in [0.05, 0.1) is 18.2 Å². The van der Waals surface area contributed by atoms with Gasteiger partial charge in [0.15, 0.2) is 0 Å². The van der Waals surface area contributed by atoms with Gasteiger partial charge in [0.25, 0.3) is 0 Å². The van der Waals surface area contributed by atoms with E-state index in [1.807, 2.05) is 41.3 Å². The zero-order valence-corrected chi connectivity index (χ0v) is 13.4. The maximum atomic E-state index is 12.8. The average Bonchev–Trinajstić information content (AvgIpc) is 2.62. The van der Waals surface area contributed by atoms with Crippen molar-refractivity contribution in [3.8, 4) is 0 Å². The van der Waals surface area contributed by atoms with Crippen molar-refractivity contribution >= 4 is 11.9 Å². The summed E-state index contributed by atoms with van der Waals surface area (Å²) in [6, 6.07) is 11.9. The van der Waals surface area contributed by atoms with Crippen LogP contribution in [-0.2, 0) is 11.2 Å². The Morgan fingerprint density at radius 3 is 2.87 bits per heavy atom. The van der Waals surface area contributed by atoms with Crippen molar-refractivity contribution in [3.63, 3.8) is 0 Å². The largest absolute Gasteiger partial charge is 0.357 e. The van der Waals surface area contributed by atoms with Crippen molar-refractivity contribution in [2.24, 2.45) is 0 Å². The SMILES string of the molecule is CNc1nccc(C2CCCCN2C(=O)Cc2ccccc2)n1. The molecule has 5 nitrogen and oxygen atoms in total. The van der Waals surface area contributed by atoms with Crippen LogP contribution in [0.15, 0.2) is 42.6 Å². The standard InChI is InChI=1S/C18H22N4O/c1-19-18-20-11-10-15(21-18)16-9-5-6-12-22(16)17(23)13-14-7-3-2-4-8-14/h2-4,7-8,10-11,16H,5-6,9,12-13H2,1H3,(H,19,20,21). The summed E-state index contributed by atoms with van der Waals surface area (Å²) in [5, 5.41) is 2.96. The van der Waals surface area contributed by atoms with Crippen LogP contribution in [0.3, 0.4) is 0 Å². The fraction of sp³-hybridized carbons (Fsp3) is 0.389. The van der Waals surface area contributed by atoms with Gasteiger partial charge in [-0.1, -0.05) is 30.3 Å². The molecule has 1 aromatic carbocycles. The molecule has 23 heavy (non-hydrogen) atoms. The van der Waals surface area contributed by atoms with E-state index in [9.17, 15) is 4.79 Å². The zero-order chi connectivity index (χ0) is 16.1. The van der Waals surface area contributed by atoms with Crippen molar-refractivity contribution < 1.29 is 4.79 Å². The van der Waals surface area contributed by atoms with E-state index in [2.05, 4.69) is 15.3 Å². The Kier molecular flexibility index (Phi) is 4.86. The van der Waals surface area contributed by atoms with Crippen LogP contribution in [-0.4, -0.2) is 34.4 Å². The molecular weight excluding hydrogens is 288 g/mol. The molecule has 1 unspecified atom stereocenters. The summed E-state index contributed by atoms with van der Waals surface area (Å²) in [6.07, 6.45) is 5.34. The van der Waals surface area contributed by atoms with E-state index in [0.717, 1.165) is 37.1 Å². The Labute approximate surface area is 136 Å². The Morgan fingerprint density at radius 1 is 1.26 bits per heavy atom. The number of aromatic nitrogens is 2. The molecular formula is C18H22N4O. The van der Waals surface area contributed by atoms with E-state index >= 15 is 0 Å². The molecule has 120 valence electrons. The minimum atomic E-state index is 0.0510. The van der Waals surface area contributed by atoms with Crippen LogP contribution in [0, 0.1) is 0 Å². The molecule has 1 aliphatic heterocycles. The summed E-state index contributed by atoms with van der Waals surface area (Å²) in [6.45, 7) is 0.801. The van der Waals surface area contributed by atoms with Crippen LogP contribution >= 0.6 is 0 Å². The molecule has 0 spiro atoms. The average molecular weight is 310 g/mol. The van der Waals surface area contributed by atoms with E-state index in [-0.39, 0.29) is 11.9 Å². The van der Waals surface area contributed by atoms with Crippen molar-refractivity contribution in [2.45, 2.75) is 31.7 Å². The second kappa shape index (κ2) is 7.22. The van der Waals surface area contributed by atoms with E-state index in [0.29, 0.717) is 12.4 Å². The van der Waals surface area contributed by atoms with Crippen molar-refractivity contribution in [1.82, 2.24) is 14.9 Å². The molecule has 1 atom stereocenters. The van der Waals surface area contributed by atoms with Gasteiger partial charge in [-0.3, -0.25) is 4.79 Å². The smallest absolute Gasteiger partial charge is 0.227 e. The second-order valence-corrected chi connectivity index (χ2v) is 5.82. The number of likely N-dealkylation sites (tertiary alicyclic amines) is 1. The summed E-state index contributed by atoms with van der Waals surface area (Å²) in [5.74, 6) is 0.772. The monoisotopic (exact) mass is 310 g/mol. The number of piperidine rings is 1. The summed E-state index contributed by atoms with van der Waals surface area (Å²) in [7, 11) is 1.80. The lowest BCUT2D eigenvalue weighted by molar-refractivity contribution is -0.134. The molecule has 2 heterocycles. The molecule has 1 aliphatic rings. The maximum Gasteiger partial charge on any atom is 0.227 e. The van der Waals surface area contributed by atoms with Gasteiger partial charge in [-0.2, -0.15) is 0 Å². The lowest BCUT2D eigenvalue weighted by Gasteiger charge is -2.35. The maximum absolute atomic E-state index is 12.8. The van der Waals surface area contributed by atoms with Gasteiger partial charge in [-0.05, 0) is 30.9 Å². The number of carbonyl (C=O) groups is 1. The van der Waals surface area contributed by atoms with Crippen molar-refractivity contribution in [2.75, 3.05) is 18.9 Å². The van der Waals surface area contributed by atoms with Crippen LogP contribution in [0.1, 0.15) is 36.6 Å². The first kappa shape index (κ1) is 15.5. The Hall–Kier alpha value is -2.43. The number of benzene rings is 1. The molecule has 1 saturated heterocycles. The molecule has 0 bridgehead atoms. The highest BCUT2D eigenvalue weighted by Crippen LogP contribution is 2.30. The highest BCUT2D eigenvalue weighted by molar-refractivity contribution is 5.79. The normalized spacial score (nSPS) is 17.8. The first-order valence-electron chi connectivity index (χ1n) is 8.12. The number of hydrogen-bond acceptors (Lipinski definition) is 4. The summed E-state index contributed by atoms with van der Waals surface area (Å²) >= 11 is 0. The first-order valence-corrected chi connectivity index (χ1v) is 8.12.